The third-order valence-corrected chi connectivity index (χ3v) is 5.83. The molecule has 2 atom stereocenters. The summed E-state index contributed by atoms with van der Waals surface area (Å²) in [5, 5.41) is 22.2. The number of likely N-dealkylation sites (tertiary alicyclic amines) is 1. The van der Waals surface area contributed by atoms with Crippen molar-refractivity contribution < 1.29 is 19.7 Å². The highest BCUT2D eigenvalue weighted by Gasteiger charge is 2.56. The number of nitrogens with one attached hydrogen (secondary N) is 1. The number of aliphatic hydroxyl groups is 2. The largest absolute Gasteiger partial charge is 0.394 e. The molecule has 2 unspecified atom stereocenters. The third-order valence-electron chi connectivity index (χ3n) is 5.83. The number of amides is 2. The van der Waals surface area contributed by atoms with Gasteiger partial charge in [0.25, 0.3) is 0 Å². The Hall–Kier alpha value is -1.63. The summed E-state index contributed by atoms with van der Waals surface area (Å²) in [6.07, 6.45) is 1.73. The van der Waals surface area contributed by atoms with Crippen LogP contribution in [0, 0.1) is 12.3 Å². The van der Waals surface area contributed by atoms with Gasteiger partial charge in [0.05, 0.1) is 25.4 Å². The third kappa shape index (κ3) is 3.66. The summed E-state index contributed by atoms with van der Waals surface area (Å²) in [6, 6.07) is 7.97. The summed E-state index contributed by atoms with van der Waals surface area (Å²) in [6.45, 7) is 4.11. The van der Waals surface area contributed by atoms with Crippen LogP contribution < -0.4 is 5.32 Å². The first-order valence-electron chi connectivity index (χ1n) is 9.04. The van der Waals surface area contributed by atoms with Gasteiger partial charge in [-0.25, -0.2) is 4.79 Å². The number of ether oxygens (including phenoxy) is 1. The van der Waals surface area contributed by atoms with E-state index in [2.05, 4.69) is 5.32 Å². The Morgan fingerprint density at radius 3 is 2.72 bits per heavy atom. The Bertz CT molecular complexity index is 599. The first kappa shape index (κ1) is 18.2. The molecule has 0 aromatic heterocycles. The molecule has 1 spiro atoms. The fourth-order valence-corrected chi connectivity index (χ4v) is 4.03. The summed E-state index contributed by atoms with van der Waals surface area (Å²) in [5.41, 5.74) is 2.04. The molecule has 1 saturated carbocycles. The molecule has 3 N–H and O–H groups in total. The minimum Gasteiger partial charge on any atom is -0.394 e. The minimum atomic E-state index is -0.367. The van der Waals surface area contributed by atoms with Crippen molar-refractivity contribution >= 4 is 6.03 Å². The van der Waals surface area contributed by atoms with Gasteiger partial charge in [-0.1, -0.05) is 24.3 Å². The molecule has 1 aliphatic heterocycles. The summed E-state index contributed by atoms with van der Waals surface area (Å²) in [5.74, 6) is 0. The van der Waals surface area contributed by atoms with E-state index in [1.807, 2.05) is 36.1 Å². The maximum atomic E-state index is 12.4. The van der Waals surface area contributed by atoms with E-state index in [-0.39, 0.29) is 30.3 Å². The first-order chi connectivity index (χ1) is 12.1. The molecule has 1 aliphatic carbocycles. The number of rotatable bonds is 5. The van der Waals surface area contributed by atoms with Gasteiger partial charge in [0, 0.05) is 31.5 Å². The van der Waals surface area contributed by atoms with Crippen molar-refractivity contribution in [2.24, 2.45) is 5.41 Å². The van der Waals surface area contributed by atoms with E-state index in [1.165, 1.54) is 5.56 Å². The lowest BCUT2D eigenvalue weighted by atomic mass is 9.58. The molecule has 3 rings (SSSR count). The molecule has 6 nitrogen and oxygen atoms in total. The van der Waals surface area contributed by atoms with Gasteiger partial charge in [-0.05, 0) is 30.9 Å². The Kier molecular flexibility index (Phi) is 5.61. The molecule has 2 fully saturated rings. The predicted molar refractivity (Wildman–Crippen MR) is 94.1 cm³/mol. The molecule has 1 aromatic carbocycles. The lowest BCUT2D eigenvalue weighted by Crippen LogP contribution is -2.63. The van der Waals surface area contributed by atoms with E-state index in [9.17, 15) is 9.90 Å². The van der Waals surface area contributed by atoms with Crippen LogP contribution in [-0.2, 0) is 11.3 Å². The number of benzene rings is 1. The van der Waals surface area contributed by atoms with Gasteiger partial charge >= 0.3 is 6.03 Å². The highest BCUT2D eigenvalue weighted by Crippen LogP contribution is 2.50. The molecular weight excluding hydrogens is 320 g/mol. The van der Waals surface area contributed by atoms with E-state index < -0.39 is 0 Å². The maximum absolute atomic E-state index is 12.4. The van der Waals surface area contributed by atoms with Crippen LogP contribution >= 0.6 is 0 Å². The molecule has 1 aromatic rings. The predicted octanol–water partition coefficient (Wildman–Crippen LogP) is 1.43. The van der Waals surface area contributed by atoms with Crippen LogP contribution in [0.4, 0.5) is 4.79 Å². The Morgan fingerprint density at radius 2 is 2.08 bits per heavy atom. The zero-order valence-corrected chi connectivity index (χ0v) is 14.8. The standard InChI is InChI=1S/C19H28N2O4/c1-14-4-2-3-5-15(14)13-20-18(24)21-8-6-19(7-9-21)16(23)12-17(19)25-11-10-22/h2-5,16-17,22-23H,6-13H2,1H3,(H,20,24). The number of aryl methyl sites for hydroxylation is 1. The van der Waals surface area contributed by atoms with E-state index in [4.69, 9.17) is 9.84 Å². The number of carbonyl (C=O) groups excluding carboxylic acids is 1. The van der Waals surface area contributed by atoms with Crippen molar-refractivity contribution in [3.05, 3.63) is 35.4 Å². The zero-order valence-electron chi connectivity index (χ0n) is 14.8. The van der Waals surface area contributed by atoms with E-state index in [0.717, 1.165) is 18.4 Å². The van der Waals surface area contributed by atoms with E-state index in [0.29, 0.717) is 32.7 Å². The van der Waals surface area contributed by atoms with Crippen LogP contribution in [0.3, 0.4) is 0 Å². The van der Waals surface area contributed by atoms with Crippen molar-refractivity contribution in [2.75, 3.05) is 26.3 Å². The van der Waals surface area contributed by atoms with Crippen molar-refractivity contribution in [2.45, 2.75) is 44.9 Å². The van der Waals surface area contributed by atoms with Gasteiger partial charge in [0.1, 0.15) is 0 Å². The molecule has 138 valence electrons. The highest BCUT2D eigenvalue weighted by atomic mass is 16.5. The Morgan fingerprint density at radius 1 is 1.36 bits per heavy atom. The maximum Gasteiger partial charge on any atom is 0.317 e. The van der Waals surface area contributed by atoms with Crippen LogP contribution in [0.15, 0.2) is 24.3 Å². The van der Waals surface area contributed by atoms with Crippen LogP contribution in [0.2, 0.25) is 0 Å². The summed E-state index contributed by atoms with van der Waals surface area (Å²) in [4.78, 5) is 14.2. The summed E-state index contributed by atoms with van der Waals surface area (Å²) in [7, 11) is 0. The highest BCUT2D eigenvalue weighted by molar-refractivity contribution is 5.74. The second-order valence-electron chi connectivity index (χ2n) is 7.14. The Labute approximate surface area is 148 Å². The monoisotopic (exact) mass is 348 g/mol. The average molecular weight is 348 g/mol. The van der Waals surface area contributed by atoms with Gasteiger partial charge in [0.15, 0.2) is 0 Å². The Balaban J connectivity index is 1.50. The number of piperidine rings is 1. The summed E-state index contributed by atoms with van der Waals surface area (Å²) < 4.78 is 5.68. The van der Waals surface area contributed by atoms with E-state index >= 15 is 0 Å². The van der Waals surface area contributed by atoms with Crippen molar-refractivity contribution in [1.29, 1.82) is 0 Å². The van der Waals surface area contributed by atoms with Crippen LogP contribution in [0.5, 0.6) is 0 Å². The van der Waals surface area contributed by atoms with Crippen LogP contribution in [-0.4, -0.2) is 59.7 Å². The van der Waals surface area contributed by atoms with Crippen LogP contribution in [0.25, 0.3) is 0 Å². The van der Waals surface area contributed by atoms with Gasteiger partial charge in [-0.2, -0.15) is 0 Å². The molecular formula is C19H28N2O4. The molecule has 0 bridgehead atoms. The normalized spacial score (nSPS) is 24.8. The van der Waals surface area contributed by atoms with Gasteiger partial charge < -0.3 is 25.2 Å². The number of hydrogen-bond acceptors (Lipinski definition) is 4. The number of nitrogens with zero attached hydrogens (tertiary/aromatic N) is 1. The second kappa shape index (κ2) is 7.72. The summed E-state index contributed by atoms with van der Waals surface area (Å²) >= 11 is 0. The fraction of sp³-hybridized carbons (Fsp3) is 0.632. The number of carbonyl (C=O) groups is 1. The lowest BCUT2D eigenvalue weighted by molar-refractivity contribution is -0.211. The average Bonchev–Trinajstić information content (AvgIpc) is 2.64. The fourth-order valence-electron chi connectivity index (χ4n) is 4.03. The SMILES string of the molecule is Cc1ccccc1CNC(=O)N1CCC2(CC1)C(O)CC2OCCO. The van der Waals surface area contributed by atoms with Crippen molar-refractivity contribution in [3.8, 4) is 0 Å². The molecule has 6 heteroatoms. The number of aliphatic hydroxyl groups excluding tert-OH is 2. The molecule has 2 aliphatic rings. The quantitative estimate of drug-likeness (QED) is 0.752. The molecule has 0 radical (unpaired) electrons. The van der Waals surface area contributed by atoms with Crippen molar-refractivity contribution in [3.63, 3.8) is 0 Å². The lowest BCUT2D eigenvalue weighted by Gasteiger charge is -2.56. The topological polar surface area (TPSA) is 82.0 Å². The van der Waals surface area contributed by atoms with E-state index in [1.54, 1.807) is 0 Å². The molecule has 2 amide bonds. The molecule has 1 saturated heterocycles. The van der Waals surface area contributed by atoms with Crippen molar-refractivity contribution in [1.82, 2.24) is 10.2 Å². The van der Waals surface area contributed by atoms with Crippen LogP contribution in [0.1, 0.15) is 30.4 Å². The zero-order chi connectivity index (χ0) is 17.9. The first-order valence-corrected chi connectivity index (χ1v) is 9.04. The minimum absolute atomic E-state index is 0.00386. The van der Waals surface area contributed by atoms with Gasteiger partial charge in [-0.15, -0.1) is 0 Å². The van der Waals surface area contributed by atoms with Gasteiger partial charge in [0.2, 0.25) is 0 Å². The second-order valence-corrected chi connectivity index (χ2v) is 7.14. The number of urea groups is 1. The van der Waals surface area contributed by atoms with Gasteiger partial charge in [-0.3, -0.25) is 0 Å². The molecule has 1 heterocycles. The smallest absolute Gasteiger partial charge is 0.317 e. The molecule has 25 heavy (non-hydrogen) atoms. The number of hydrogen-bond donors (Lipinski definition) is 3.